The predicted molar refractivity (Wildman–Crippen MR) is 127 cm³/mol. The molecule has 3 rings (SSSR count). The molecule has 1 aliphatic rings. The van der Waals surface area contributed by atoms with Crippen LogP contribution in [0.4, 0.5) is 4.79 Å². The SMILES string of the molecule is CCC(CCC(=O)NCC(C)(O)CC(=O)O)NC(=O)OCC1c2ccccc2-c2ccccc21. The van der Waals surface area contributed by atoms with Crippen molar-refractivity contribution in [2.45, 2.75) is 57.1 Å². The average Bonchev–Trinajstić information content (AvgIpc) is 3.12. The number of alkyl carbamates (subject to hydrolysis) is 1. The number of carboxylic acid groups (broad SMARTS) is 1. The van der Waals surface area contributed by atoms with E-state index in [0.29, 0.717) is 12.8 Å². The Balaban J connectivity index is 1.47. The summed E-state index contributed by atoms with van der Waals surface area (Å²) in [6.45, 7) is 3.32. The van der Waals surface area contributed by atoms with E-state index in [-0.39, 0.29) is 37.4 Å². The maximum Gasteiger partial charge on any atom is 0.407 e. The molecule has 2 aromatic rings. The number of carbonyl (C=O) groups is 3. The Hall–Kier alpha value is -3.39. The Morgan fingerprint density at radius 3 is 2.21 bits per heavy atom. The molecule has 0 heterocycles. The van der Waals surface area contributed by atoms with Gasteiger partial charge in [0, 0.05) is 24.9 Å². The minimum atomic E-state index is -1.52. The number of aliphatic hydroxyl groups is 1. The second kappa shape index (κ2) is 11.2. The zero-order chi connectivity index (χ0) is 24.7. The Kier molecular flexibility index (Phi) is 8.28. The number of carbonyl (C=O) groups excluding carboxylic acids is 2. The fraction of sp³-hybridized carbons (Fsp3) is 0.423. The Bertz CT molecular complexity index is 990. The van der Waals surface area contributed by atoms with E-state index in [1.165, 1.54) is 6.92 Å². The summed E-state index contributed by atoms with van der Waals surface area (Å²) in [6, 6.07) is 16.0. The first-order valence-corrected chi connectivity index (χ1v) is 11.5. The number of hydrogen-bond donors (Lipinski definition) is 4. The zero-order valence-corrected chi connectivity index (χ0v) is 19.5. The lowest BCUT2D eigenvalue weighted by Crippen LogP contribution is -2.42. The van der Waals surface area contributed by atoms with Gasteiger partial charge in [-0.15, -0.1) is 0 Å². The van der Waals surface area contributed by atoms with Crippen molar-refractivity contribution in [3.05, 3.63) is 59.7 Å². The minimum absolute atomic E-state index is 0.0254. The zero-order valence-electron chi connectivity index (χ0n) is 19.5. The standard InChI is InChI=1S/C26H32N2O6/c1-3-17(12-13-23(29)27-16-26(2,33)14-24(30)31)28-25(32)34-15-22-20-10-6-4-8-18(20)19-9-5-7-11-21(19)22/h4-11,17,22,33H,3,12-16H2,1-2H3,(H,27,29)(H,28,32)(H,30,31). The van der Waals surface area contributed by atoms with E-state index in [9.17, 15) is 19.5 Å². The molecule has 2 atom stereocenters. The molecule has 0 spiro atoms. The van der Waals surface area contributed by atoms with Crippen molar-refractivity contribution in [2.24, 2.45) is 0 Å². The first-order chi connectivity index (χ1) is 16.2. The summed E-state index contributed by atoms with van der Waals surface area (Å²) in [4.78, 5) is 35.3. The molecule has 0 fully saturated rings. The summed E-state index contributed by atoms with van der Waals surface area (Å²) in [5.41, 5.74) is 3.07. The van der Waals surface area contributed by atoms with Crippen molar-refractivity contribution in [1.82, 2.24) is 10.6 Å². The molecule has 2 aromatic carbocycles. The highest BCUT2D eigenvalue weighted by molar-refractivity contribution is 5.79. The largest absolute Gasteiger partial charge is 0.481 e. The summed E-state index contributed by atoms with van der Waals surface area (Å²) < 4.78 is 5.57. The van der Waals surface area contributed by atoms with Crippen molar-refractivity contribution in [1.29, 1.82) is 0 Å². The Morgan fingerprint density at radius 1 is 1.06 bits per heavy atom. The van der Waals surface area contributed by atoms with Crippen molar-refractivity contribution in [3.63, 3.8) is 0 Å². The molecule has 8 heteroatoms. The third-order valence-electron chi connectivity index (χ3n) is 6.08. The van der Waals surface area contributed by atoms with E-state index in [2.05, 4.69) is 34.9 Å². The molecule has 2 amide bonds. The highest BCUT2D eigenvalue weighted by Gasteiger charge is 2.29. The van der Waals surface area contributed by atoms with Crippen LogP contribution in [-0.2, 0) is 14.3 Å². The van der Waals surface area contributed by atoms with Gasteiger partial charge in [0.25, 0.3) is 0 Å². The Morgan fingerprint density at radius 2 is 1.65 bits per heavy atom. The summed E-state index contributed by atoms with van der Waals surface area (Å²) in [6.07, 6.45) is 0.153. The third kappa shape index (κ3) is 6.57. The van der Waals surface area contributed by atoms with Crippen LogP contribution < -0.4 is 10.6 Å². The van der Waals surface area contributed by atoms with E-state index in [4.69, 9.17) is 9.84 Å². The van der Waals surface area contributed by atoms with E-state index in [1.807, 2.05) is 31.2 Å². The lowest BCUT2D eigenvalue weighted by atomic mass is 9.98. The number of hydrogen-bond acceptors (Lipinski definition) is 5. The number of aliphatic carboxylic acids is 1. The minimum Gasteiger partial charge on any atom is -0.481 e. The first kappa shape index (κ1) is 25.2. The molecule has 4 N–H and O–H groups in total. The molecule has 0 aliphatic heterocycles. The van der Waals surface area contributed by atoms with E-state index >= 15 is 0 Å². The average molecular weight is 469 g/mol. The number of amides is 2. The highest BCUT2D eigenvalue weighted by atomic mass is 16.5. The van der Waals surface area contributed by atoms with E-state index in [1.54, 1.807) is 0 Å². The molecule has 8 nitrogen and oxygen atoms in total. The number of rotatable bonds is 11. The lowest BCUT2D eigenvalue weighted by molar-refractivity contribution is -0.142. The molecular formula is C26H32N2O6. The van der Waals surface area contributed by atoms with Crippen LogP contribution in [0.5, 0.6) is 0 Å². The van der Waals surface area contributed by atoms with Gasteiger partial charge in [0.1, 0.15) is 6.61 Å². The fourth-order valence-corrected chi connectivity index (χ4v) is 4.26. The lowest BCUT2D eigenvalue weighted by Gasteiger charge is -2.22. The van der Waals surface area contributed by atoms with Gasteiger partial charge >= 0.3 is 12.1 Å². The van der Waals surface area contributed by atoms with Gasteiger partial charge in [0.2, 0.25) is 5.91 Å². The molecule has 34 heavy (non-hydrogen) atoms. The predicted octanol–water partition coefficient (Wildman–Crippen LogP) is 3.43. The number of benzene rings is 2. The first-order valence-electron chi connectivity index (χ1n) is 11.5. The fourth-order valence-electron chi connectivity index (χ4n) is 4.26. The van der Waals surface area contributed by atoms with Crippen LogP contribution in [0.2, 0.25) is 0 Å². The number of carboxylic acids is 1. The van der Waals surface area contributed by atoms with Crippen LogP contribution in [0.3, 0.4) is 0 Å². The molecule has 1 aliphatic carbocycles. The second-order valence-electron chi connectivity index (χ2n) is 8.96. The normalized spacial score (nSPS) is 14.9. The van der Waals surface area contributed by atoms with E-state index in [0.717, 1.165) is 22.3 Å². The van der Waals surface area contributed by atoms with Gasteiger partial charge in [-0.2, -0.15) is 0 Å². The van der Waals surface area contributed by atoms with Crippen molar-refractivity contribution in [3.8, 4) is 11.1 Å². The van der Waals surface area contributed by atoms with Crippen LogP contribution in [0, 0.1) is 0 Å². The molecular weight excluding hydrogens is 436 g/mol. The molecule has 0 aromatic heterocycles. The maximum absolute atomic E-state index is 12.5. The van der Waals surface area contributed by atoms with Crippen molar-refractivity contribution in [2.75, 3.05) is 13.2 Å². The van der Waals surface area contributed by atoms with Gasteiger partial charge in [0.05, 0.1) is 12.0 Å². The smallest absolute Gasteiger partial charge is 0.407 e. The van der Waals surface area contributed by atoms with Gasteiger partial charge in [-0.05, 0) is 42.0 Å². The molecule has 2 unspecified atom stereocenters. The summed E-state index contributed by atoms with van der Waals surface area (Å²) in [5, 5.41) is 24.1. The van der Waals surface area contributed by atoms with E-state index < -0.39 is 24.1 Å². The molecule has 0 radical (unpaired) electrons. The van der Waals surface area contributed by atoms with Crippen molar-refractivity contribution < 1.29 is 29.3 Å². The monoisotopic (exact) mass is 468 g/mol. The maximum atomic E-state index is 12.5. The van der Waals surface area contributed by atoms with Crippen molar-refractivity contribution >= 4 is 18.0 Å². The summed E-state index contributed by atoms with van der Waals surface area (Å²) in [7, 11) is 0. The Labute approximate surface area is 199 Å². The summed E-state index contributed by atoms with van der Waals surface area (Å²) >= 11 is 0. The quantitative estimate of drug-likeness (QED) is 0.400. The molecule has 0 saturated carbocycles. The highest BCUT2D eigenvalue weighted by Crippen LogP contribution is 2.44. The van der Waals surface area contributed by atoms with Crippen LogP contribution in [0.1, 0.15) is 56.6 Å². The molecule has 0 bridgehead atoms. The van der Waals surface area contributed by atoms with Crippen LogP contribution in [0.25, 0.3) is 11.1 Å². The topological polar surface area (TPSA) is 125 Å². The van der Waals surface area contributed by atoms with Crippen LogP contribution in [0.15, 0.2) is 48.5 Å². The molecule has 182 valence electrons. The number of nitrogens with one attached hydrogen (secondary N) is 2. The van der Waals surface area contributed by atoms with Crippen LogP contribution >= 0.6 is 0 Å². The van der Waals surface area contributed by atoms with Gasteiger partial charge in [-0.3, -0.25) is 9.59 Å². The number of ether oxygens (including phenoxy) is 1. The van der Waals surface area contributed by atoms with Crippen LogP contribution in [-0.4, -0.2) is 53.0 Å². The van der Waals surface area contributed by atoms with Gasteiger partial charge in [-0.1, -0.05) is 55.5 Å². The van der Waals surface area contributed by atoms with Gasteiger partial charge in [0.15, 0.2) is 0 Å². The van der Waals surface area contributed by atoms with Gasteiger partial charge in [-0.25, -0.2) is 4.79 Å². The molecule has 0 saturated heterocycles. The summed E-state index contributed by atoms with van der Waals surface area (Å²) in [5.74, 6) is -1.49. The third-order valence-corrected chi connectivity index (χ3v) is 6.08. The number of fused-ring (bicyclic) bond motifs is 3. The van der Waals surface area contributed by atoms with Gasteiger partial charge < -0.3 is 25.6 Å². The second-order valence-corrected chi connectivity index (χ2v) is 8.96.